The van der Waals surface area contributed by atoms with E-state index in [4.69, 9.17) is 76.8 Å². The molecule has 7 aliphatic rings. The Kier molecular flexibility index (Phi) is 13.9. The van der Waals surface area contributed by atoms with Crippen LogP contribution in [0.2, 0.25) is 10.0 Å². The van der Waals surface area contributed by atoms with Crippen LogP contribution >= 0.6 is 39.1 Å². The van der Waals surface area contributed by atoms with E-state index in [1.54, 1.807) is 34.4 Å². The number of hydroxylamine groups is 4. The van der Waals surface area contributed by atoms with E-state index in [1.807, 2.05) is 53.9 Å². The first kappa shape index (κ1) is 53.8. The van der Waals surface area contributed by atoms with Gasteiger partial charge in [0.2, 0.25) is 23.4 Å². The topological polar surface area (TPSA) is 129 Å². The highest BCUT2D eigenvalue weighted by Gasteiger charge is 2.64. The molecule has 0 saturated carbocycles. The van der Waals surface area contributed by atoms with Gasteiger partial charge >= 0.3 is 7.12 Å². The summed E-state index contributed by atoms with van der Waals surface area (Å²) in [5.74, 6) is 0.858. The molecule has 13 rings (SSSR count). The number of guanidine groups is 2. The molecule has 78 heavy (non-hydrogen) atoms. The summed E-state index contributed by atoms with van der Waals surface area (Å²) in [4.78, 5) is 30.0. The molecule has 2 atom stereocenters. The third kappa shape index (κ3) is 9.27. The van der Waals surface area contributed by atoms with Crippen LogP contribution in [0, 0.1) is 24.0 Å². The van der Waals surface area contributed by atoms with Gasteiger partial charge < -0.3 is 20.8 Å². The molecule has 4 N–H and O–H groups in total. The molecule has 3 aliphatic heterocycles. The molecule has 16 heteroatoms. The largest absolute Gasteiger partial charge is 0.493 e. The third-order valence-electron chi connectivity index (χ3n) is 17.8. The summed E-state index contributed by atoms with van der Waals surface area (Å²) in [7, 11) is 3.20. The first-order valence-electron chi connectivity index (χ1n) is 26.6. The van der Waals surface area contributed by atoms with Crippen LogP contribution in [0.5, 0.6) is 0 Å². The molecule has 1 fully saturated rings. The minimum absolute atomic E-state index is 0.0788. The van der Waals surface area contributed by atoms with E-state index in [9.17, 15) is 0 Å². The summed E-state index contributed by atoms with van der Waals surface area (Å²) in [6, 6.07) is 41.1. The van der Waals surface area contributed by atoms with Gasteiger partial charge in [-0.3, -0.25) is 0 Å². The Hall–Kier alpha value is -6.20. The van der Waals surface area contributed by atoms with Gasteiger partial charge in [0, 0.05) is 50.6 Å². The Morgan fingerprint density at radius 2 is 0.987 bits per heavy atom. The van der Waals surface area contributed by atoms with Gasteiger partial charge in [-0.05, 0) is 190 Å². The molecule has 12 nitrogen and oxygen atoms in total. The number of halogens is 3. The monoisotopic (exact) mass is 1140 g/mol. The first-order valence-corrected chi connectivity index (χ1v) is 28.1. The molecule has 6 aromatic rings. The quantitative estimate of drug-likeness (QED) is 0.130. The number of benzene rings is 6. The van der Waals surface area contributed by atoms with Crippen LogP contribution in [0.3, 0.4) is 0 Å². The number of nitrogens with two attached hydrogens (primary N) is 2. The Bertz CT molecular complexity index is 3470. The molecular formula is C62H62BBrCl2N8O4. The van der Waals surface area contributed by atoms with Crippen LogP contribution < -0.4 is 16.9 Å². The number of fused-ring (bicyclic) bond motifs is 8. The lowest BCUT2D eigenvalue weighted by Gasteiger charge is -2.40. The summed E-state index contributed by atoms with van der Waals surface area (Å²) in [5.41, 5.74) is 24.1. The zero-order valence-corrected chi connectivity index (χ0v) is 47.9. The maximum Gasteiger partial charge on any atom is 0.493 e. The lowest BCUT2D eigenvalue weighted by Crippen LogP contribution is -2.43. The van der Waals surface area contributed by atoms with E-state index in [2.05, 4.69) is 111 Å². The van der Waals surface area contributed by atoms with E-state index >= 15 is 0 Å². The molecule has 0 bridgehead atoms. The average Bonchev–Trinajstić information content (AvgIpc) is 4.18. The van der Waals surface area contributed by atoms with E-state index in [1.165, 1.54) is 33.4 Å². The van der Waals surface area contributed by atoms with Gasteiger partial charge in [-0.15, -0.1) is 0 Å². The second kappa shape index (κ2) is 20.2. The van der Waals surface area contributed by atoms with Crippen molar-refractivity contribution < 1.29 is 19.0 Å². The standard InChI is InChI=1S/C28H25ClN4O.C21H22BrN3O.C13H15BClNO2/c1-31-24-14-22(13-23(29)16-24)20-7-8-21-17-27(11-9-18-5-3-4-6-19(18)10-12-27)28(25(21)15-20)32-26(30)33(2)34-28;1-25-19(23)24-21(26-25)18-12-17(22)7-6-16(18)13-20(21)10-8-14-4-2-3-5-15(14)9-11-20;1-12(2)13(3,4)18-14(17-12)9-6-10(15)8-11(7-9)16-5/h3-8,13-16H,9-12,17H2,2H3,(H2,30,32);2-7,12H,8-11,13H2,1H3,(H2,23,24);6-8H,1-4H3. The highest BCUT2D eigenvalue weighted by atomic mass is 79.9. The number of rotatable bonds is 2. The average molecular weight is 1140 g/mol. The highest BCUT2D eigenvalue weighted by Crippen LogP contribution is 2.63. The predicted molar refractivity (Wildman–Crippen MR) is 313 cm³/mol. The van der Waals surface area contributed by atoms with Gasteiger partial charge in [0.05, 0.1) is 24.3 Å². The lowest BCUT2D eigenvalue weighted by molar-refractivity contribution is -0.224. The summed E-state index contributed by atoms with van der Waals surface area (Å²) < 4.78 is 12.9. The van der Waals surface area contributed by atoms with Crippen molar-refractivity contribution in [1.82, 2.24) is 10.1 Å². The van der Waals surface area contributed by atoms with E-state index < -0.39 is 29.8 Å². The first-order chi connectivity index (χ1) is 37.2. The lowest BCUT2D eigenvalue weighted by atomic mass is 9.71. The van der Waals surface area contributed by atoms with Crippen molar-refractivity contribution in [2.75, 3.05) is 14.1 Å². The van der Waals surface area contributed by atoms with Crippen LogP contribution in [-0.4, -0.2) is 54.5 Å². The Labute approximate surface area is 476 Å². The molecule has 3 heterocycles. The maximum absolute atomic E-state index is 7.41. The number of hydrogen-bond donors (Lipinski definition) is 2. The number of aliphatic imine (C=N–C) groups is 2. The third-order valence-corrected chi connectivity index (χ3v) is 18.7. The molecule has 0 amide bonds. The van der Waals surface area contributed by atoms with Gasteiger partial charge in [-0.1, -0.05) is 112 Å². The van der Waals surface area contributed by atoms with Gasteiger partial charge in [0.1, 0.15) is 0 Å². The van der Waals surface area contributed by atoms with Gasteiger partial charge in [0.15, 0.2) is 11.4 Å². The summed E-state index contributed by atoms with van der Waals surface area (Å²) in [6.45, 7) is 22.4. The highest BCUT2D eigenvalue weighted by molar-refractivity contribution is 9.10. The zero-order chi connectivity index (χ0) is 55.0. The molecule has 1 saturated heterocycles. The maximum atomic E-state index is 7.41. The van der Waals surface area contributed by atoms with Crippen LogP contribution in [0.1, 0.15) is 97.9 Å². The fourth-order valence-electron chi connectivity index (χ4n) is 12.9. The van der Waals surface area contributed by atoms with E-state index in [0.717, 1.165) is 96.4 Å². The SMILES string of the molecule is CN1OC2(N=C1N)c1cc(Br)ccc1CC21CCc2ccccc2CC1.[C-]#[N+]c1cc(Cl)cc(-c2ccc3c(c2)C2(N=C(N)N(C)O2)C2(CCc4ccccc4CC2)C3)c1.[C-]#[N+]c1cc(Cl)cc(B2OC(C)(C)C(C)(C)O2)c1. The van der Waals surface area contributed by atoms with Crippen molar-refractivity contribution in [2.45, 2.75) is 115 Å². The molecule has 4 spiro atoms. The van der Waals surface area contributed by atoms with Crippen molar-refractivity contribution in [3.63, 3.8) is 0 Å². The van der Waals surface area contributed by atoms with Gasteiger partial charge in [-0.2, -0.15) is 0 Å². The normalized spacial score (nSPS) is 23.1. The predicted octanol–water partition coefficient (Wildman–Crippen LogP) is 13.1. The van der Waals surface area contributed by atoms with E-state index in [0.29, 0.717) is 33.3 Å². The second-order valence-corrected chi connectivity index (χ2v) is 24.6. The van der Waals surface area contributed by atoms with Crippen LogP contribution in [0.25, 0.3) is 20.8 Å². The molecule has 0 aromatic heterocycles. The van der Waals surface area contributed by atoms with Gasteiger partial charge in [-0.25, -0.2) is 39.5 Å². The number of aryl methyl sites for hydroxylation is 4. The molecule has 6 aromatic carbocycles. The van der Waals surface area contributed by atoms with Crippen LogP contribution in [-0.2, 0) is 69.0 Å². The summed E-state index contributed by atoms with van der Waals surface area (Å²) >= 11 is 15.9. The van der Waals surface area contributed by atoms with Crippen molar-refractivity contribution in [2.24, 2.45) is 32.3 Å². The minimum atomic E-state index is -0.861. The van der Waals surface area contributed by atoms with E-state index in [-0.39, 0.29) is 10.8 Å². The summed E-state index contributed by atoms with van der Waals surface area (Å²) in [6.07, 6.45) is 9.98. The molecule has 0 radical (unpaired) electrons. The van der Waals surface area contributed by atoms with Crippen LogP contribution in [0.4, 0.5) is 11.4 Å². The fourth-order valence-corrected chi connectivity index (χ4v) is 13.7. The minimum Gasteiger partial charge on any atom is -0.399 e. The fraction of sp³-hybridized carbons (Fsp3) is 0.355. The van der Waals surface area contributed by atoms with Crippen molar-refractivity contribution >= 4 is 75.0 Å². The van der Waals surface area contributed by atoms with Crippen LogP contribution in [0.15, 0.2) is 136 Å². The molecule has 398 valence electrons. The smallest absolute Gasteiger partial charge is 0.399 e. The second-order valence-electron chi connectivity index (χ2n) is 22.8. The molecular weight excluding hydrogens is 1080 g/mol. The Balaban J connectivity index is 0.000000131. The van der Waals surface area contributed by atoms with Crippen molar-refractivity contribution in [1.29, 1.82) is 0 Å². The van der Waals surface area contributed by atoms with Crippen molar-refractivity contribution in [3.05, 3.63) is 203 Å². The number of nitrogens with zero attached hydrogens (tertiary/aromatic N) is 6. The molecule has 2 unspecified atom stereocenters. The van der Waals surface area contributed by atoms with Gasteiger partial charge in [0.25, 0.3) is 0 Å². The Morgan fingerprint density at radius 3 is 1.44 bits per heavy atom. The summed E-state index contributed by atoms with van der Waals surface area (Å²) in [5, 5.41) is 4.32. The zero-order valence-electron chi connectivity index (χ0n) is 44.8. The van der Waals surface area contributed by atoms with Crippen molar-refractivity contribution in [3.8, 4) is 11.1 Å². The molecule has 4 aliphatic carbocycles. The Morgan fingerprint density at radius 1 is 0.551 bits per heavy atom. The number of hydrogen-bond acceptors (Lipinski definition) is 10.